The van der Waals surface area contributed by atoms with Gasteiger partial charge in [0.1, 0.15) is 11.6 Å². The molecule has 5 aromatic heterocycles. The molecule has 318 valence electrons. The Hall–Kier alpha value is -6.33. The number of ether oxygens (including phenoxy) is 1. The number of benzene rings is 2. The number of aryl methyl sites for hydroxylation is 3. The number of carbonyl (C=O) groups excluding carboxylic acids is 1. The number of rotatable bonds is 6. The average molecular weight is 838 g/mol. The van der Waals surface area contributed by atoms with Crippen LogP contribution in [0.25, 0.3) is 33.6 Å². The number of amides is 1. The Morgan fingerprint density at radius 3 is 2.39 bits per heavy atom. The Morgan fingerprint density at radius 1 is 0.968 bits per heavy atom. The Bertz CT molecular complexity index is 3110. The van der Waals surface area contributed by atoms with Crippen molar-refractivity contribution < 1.29 is 18.3 Å². The van der Waals surface area contributed by atoms with E-state index in [0.29, 0.717) is 76.0 Å². The van der Waals surface area contributed by atoms with E-state index in [4.69, 9.17) is 9.84 Å². The smallest absolute Gasteiger partial charge is 0.338 e. The number of carbonyl (C=O) groups is 1. The molecule has 62 heavy (non-hydrogen) atoms. The minimum atomic E-state index is -0.794. The van der Waals surface area contributed by atoms with E-state index in [1.165, 1.54) is 27.1 Å². The van der Waals surface area contributed by atoms with Crippen LogP contribution < -0.4 is 5.69 Å². The summed E-state index contributed by atoms with van der Waals surface area (Å²) in [7, 11) is 1.72. The second kappa shape index (κ2) is 13.6. The molecular weight excluding hydrogens is 789 g/mol. The largest absolute Gasteiger partial charge is 0.376 e. The highest BCUT2D eigenvalue weighted by atomic mass is 19.1. The minimum Gasteiger partial charge on any atom is -0.376 e. The Morgan fingerprint density at radius 2 is 1.69 bits per heavy atom. The van der Waals surface area contributed by atoms with Crippen LogP contribution in [0.2, 0.25) is 0 Å². The summed E-state index contributed by atoms with van der Waals surface area (Å²) in [6.45, 7) is 14.5. The number of hydrogen-bond acceptors (Lipinski definition) is 6. The lowest BCUT2D eigenvalue weighted by molar-refractivity contribution is -0.0593. The maximum absolute atomic E-state index is 16.1. The van der Waals surface area contributed by atoms with Crippen molar-refractivity contribution in [3.63, 3.8) is 0 Å². The zero-order chi connectivity index (χ0) is 43.8. The fourth-order valence-electron chi connectivity index (χ4n) is 10.2. The molecule has 1 amide bonds. The predicted molar refractivity (Wildman–Crippen MR) is 231 cm³/mol. The van der Waals surface area contributed by atoms with Gasteiger partial charge in [-0.05, 0) is 125 Å². The fraction of sp³-hybridized carbons (Fsp3) is 0.396. The second-order valence-electron chi connectivity index (χ2n) is 19.0. The molecule has 2 aliphatic heterocycles. The molecular formula is C48H49F2N9O3. The molecule has 12 nitrogen and oxygen atoms in total. The van der Waals surface area contributed by atoms with Crippen LogP contribution in [0.5, 0.6) is 0 Å². The normalized spacial score (nSPS) is 20.1. The zero-order valence-electron chi connectivity index (χ0n) is 36.3. The standard InChI is InChI=1S/C48H49F2N9O3/c1-27-19-33(20-28(2)39(27)49)59-43(57-17-16-56(45(57)61)37-10-9-36-35(40(37)50)24-52-54(36)8)38-29(3)58(26-46(4,5)41(38)53-59)44(60)34-22-32-21-30(31-12-18-62-47(6,7)23-31)11-15-55(32)42(34)48(25-51)13-14-48/h9-11,15-17,19-22,24,29,31H,12-14,18,23,26H2,1-8H3/t29-,31-/m0/s1. The lowest BCUT2D eigenvalue weighted by atomic mass is 9.80. The molecule has 10 rings (SSSR count). The molecule has 7 aromatic rings. The average Bonchev–Trinajstić information content (AvgIpc) is 3.50. The molecule has 0 radical (unpaired) electrons. The number of hydrogen-bond donors (Lipinski definition) is 0. The van der Waals surface area contributed by atoms with Crippen LogP contribution in [-0.4, -0.2) is 62.7 Å². The maximum atomic E-state index is 16.1. The quantitative estimate of drug-likeness (QED) is 0.166. The van der Waals surface area contributed by atoms with Gasteiger partial charge in [0.05, 0.1) is 68.6 Å². The summed E-state index contributed by atoms with van der Waals surface area (Å²) in [5, 5.41) is 20.3. The van der Waals surface area contributed by atoms with Crippen molar-refractivity contribution in [3.8, 4) is 23.3 Å². The Labute approximate surface area is 357 Å². The molecule has 2 atom stereocenters. The third-order valence-electron chi connectivity index (χ3n) is 13.6. The Balaban J connectivity index is 1.13. The molecule has 2 fully saturated rings. The summed E-state index contributed by atoms with van der Waals surface area (Å²) in [6, 6.07) is 14.8. The van der Waals surface area contributed by atoms with E-state index >= 15 is 13.6 Å². The molecule has 1 saturated carbocycles. The number of nitriles is 1. The van der Waals surface area contributed by atoms with Gasteiger partial charge in [0, 0.05) is 55.3 Å². The molecule has 7 heterocycles. The molecule has 0 bridgehead atoms. The monoisotopic (exact) mass is 837 g/mol. The van der Waals surface area contributed by atoms with Gasteiger partial charge in [0.2, 0.25) is 0 Å². The van der Waals surface area contributed by atoms with E-state index < -0.39 is 28.4 Å². The third-order valence-corrected chi connectivity index (χ3v) is 13.6. The fourth-order valence-corrected chi connectivity index (χ4v) is 10.2. The molecule has 3 aliphatic rings. The van der Waals surface area contributed by atoms with Crippen LogP contribution >= 0.6 is 0 Å². The van der Waals surface area contributed by atoms with Gasteiger partial charge >= 0.3 is 5.69 Å². The van der Waals surface area contributed by atoms with Gasteiger partial charge in [-0.3, -0.25) is 18.6 Å². The maximum Gasteiger partial charge on any atom is 0.338 e. The summed E-state index contributed by atoms with van der Waals surface area (Å²) in [6.07, 6.45) is 9.62. The molecule has 14 heteroatoms. The first-order valence-corrected chi connectivity index (χ1v) is 21.3. The first kappa shape index (κ1) is 39.8. The number of halogens is 2. The predicted octanol–water partition coefficient (Wildman–Crippen LogP) is 8.57. The number of pyridine rings is 1. The van der Waals surface area contributed by atoms with Crippen LogP contribution in [0, 0.1) is 36.8 Å². The van der Waals surface area contributed by atoms with E-state index in [1.807, 2.05) is 42.3 Å². The van der Waals surface area contributed by atoms with Crippen molar-refractivity contribution >= 4 is 22.3 Å². The van der Waals surface area contributed by atoms with Gasteiger partial charge in [-0.25, -0.2) is 18.3 Å². The van der Waals surface area contributed by atoms with Gasteiger partial charge < -0.3 is 14.0 Å². The van der Waals surface area contributed by atoms with Crippen molar-refractivity contribution in [2.24, 2.45) is 7.05 Å². The van der Waals surface area contributed by atoms with Crippen LogP contribution in [0.3, 0.4) is 0 Å². The zero-order valence-corrected chi connectivity index (χ0v) is 36.3. The number of fused-ring (bicyclic) bond motifs is 3. The molecule has 0 N–H and O–H groups in total. The number of imidazole rings is 1. The lowest BCUT2D eigenvalue weighted by Crippen LogP contribution is -2.47. The van der Waals surface area contributed by atoms with Crippen LogP contribution in [-0.2, 0) is 22.6 Å². The molecule has 1 saturated heterocycles. The van der Waals surface area contributed by atoms with Gasteiger partial charge in [-0.1, -0.05) is 13.8 Å². The summed E-state index contributed by atoms with van der Waals surface area (Å²) in [5.74, 6) is -0.504. The number of nitrogens with zero attached hydrogens (tertiary/aromatic N) is 9. The molecule has 0 spiro atoms. The van der Waals surface area contributed by atoms with Gasteiger partial charge in [-0.15, -0.1) is 0 Å². The second-order valence-corrected chi connectivity index (χ2v) is 19.0. The van der Waals surface area contributed by atoms with Crippen LogP contribution in [0.15, 0.2) is 72.0 Å². The van der Waals surface area contributed by atoms with Gasteiger partial charge in [0.25, 0.3) is 5.91 Å². The highest BCUT2D eigenvalue weighted by molar-refractivity contribution is 5.99. The van der Waals surface area contributed by atoms with E-state index in [1.54, 1.807) is 60.7 Å². The van der Waals surface area contributed by atoms with Crippen molar-refractivity contribution in [1.82, 2.24) is 38.0 Å². The number of aromatic nitrogens is 7. The molecule has 0 unspecified atom stereocenters. The van der Waals surface area contributed by atoms with Crippen LogP contribution in [0.1, 0.15) is 116 Å². The van der Waals surface area contributed by atoms with Crippen molar-refractivity contribution in [2.45, 2.75) is 103 Å². The summed E-state index contributed by atoms with van der Waals surface area (Å²) < 4.78 is 45.2. The van der Waals surface area contributed by atoms with E-state index in [-0.39, 0.29) is 34.9 Å². The van der Waals surface area contributed by atoms with E-state index in [2.05, 4.69) is 37.1 Å². The summed E-state index contributed by atoms with van der Waals surface area (Å²) in [5.41, 5.74) is 4.16. The van der Waals surface area contributed by atoms with Crippen molar-refractivity contribution in [2.75, 3.05) is 13.2 Å². The first-order valence-electron chi connectivity index (χ1n) is 21.3. The molecule has 1 aliphatic carbocycles. The SMILES string of the molecule is Cc1cc(-n2nc3c(c2-n2ccn(-c4ccc5c(cnn5C)c4F)c2=O)[C@H](C)N(C(=O)c2cc4cc([C@H]5CCOC(C)(C)C5)ccn4c2C2(C#N)CC2)CC3(C)C)cc(C)c1F. The summed E-state index contributed by atoms with van der Waals surface area (Å²) >= 11 is 0. The topological polar surface area (TPSA) is 120 Å². The summed E-state index contributed by atoms with van der Waals surface area (Å²) in [4.78, 5) is 31.9. The van der Waals surface area contributed by atoms with Crippen molar-refractivity contribution in [1.29, 1.82) is 5.26 Å². The third kappa shape index (κ3) is 5.91. The van der Waals surface area contributed by atoms with Crippen LogP contribution in [0.4, 0.5) is 8.78 Å². The van der Waals surface area contributed by atoms with Gasteiger partial charge in [0.15, 0.2) is 5.82 Å². The van der Waals surface area contributed by atoms with Crippen molar-refractivity contribution in [3.05, 3.63) is 129 Å². The molecule has 2 aromatic carbocycles. The Kier molecular flexibility index (Phi) is 8.72. The first-order chi connectivity index (χ1) is 29.4. The van der Waals surface area contributed by atoms with E-state index in [9.17, 15) is 10.1 Å². The highest BCUT2D eigenvalue weighted by Gasteiger charge is 2.51. The van der Waals surface area contributed by atoms with Gasteiger partial charge in [-0.2, -0.15) is 15.5 Å². The minimum absolute atomic E-state index is 0.0522. The highest BCUT2D eigenvalue weighted by Crippen LogP contribution is 2.51. The van der Waals surface area contributed by atoms with E-state index in [0.717, 1.165) is 18.4 Å². The lowest BCUT2D eigenvalue weighted by Gasteiger charge is -2.41.